The molecule has 2 rings (SSSR count). The third-order valence-corrected chi connectivity index (χ3v) is 1.49. The molecule has 0 saturated carbocycles. The standard InChI is InChI=1S/C8H4N2O2/c9-4-7-10-5-2-1-3-6(11)8(5)12-7/h1-3,11H. The summed E-state index contributed by atoms with van der Waals surface area (Å²) in [6.07, 6.45) is 0. The number of phenols is 1. The summed E-state index contributed by atoms with van der Waals surface area (Å²) in [6.45, 7) is 0. The monoisotopic (exact) mass is 160 g/mol. The van der Waals surface area contributed by atoms with E-state index in [1.165, 1.54) is 6.07 Å². The van der Waals surface area contributed by atoms with Crippen LogP contribution >= 0.6 is 0 Å². The second-order valence-electron chi connectivity index (χ2n) is 2.26. The number of rotatable bonds is 0. The van der Waals surface area contributed by atoms with Gasteiger partial charge in [0, 0.05) is 0 Å². The van der Waals surface area contributed by atoms with Crippen LogP contribution in [0.15, 0.2) is 22.6 Å². The number of aromatic nitrogens is 1. The molecule has 0 aliphatic heterocycles. The highest BCUT2D eigenvalue weighted by atomic mass is 16.4. The summed E-state index contributed by atoms with van der Waals surface area (Å²) in [5.74, 6) is -0.0343. The summed E-state index contributed by atoms with van der Waals surface area (Å²) in [6, 6.07) is 6.54. The molecule has 4 nitrogen and oxygen atoms in total. The number of nitrogens with zero attached hydrogens (tertiary/aromatic N) is 2. The van der Waals surface area contributed by atoms with Crippen molar-refractivity contribution in [2.45, 2.75) is 0 Å². The fraction of sp³-hybridized carbons (Fsp3) is 0. The number of aromatic hydroxyl groups is 1. The summed E-state index contributed by atoms with van der Waals surface area (Å²) < 4.78 is 4.93. The predicted octanol–water partition coefficient (Wildman–Crippen LogP) is 1.41. The molecule has 4 heteroatoms. The van der Waals surface area contributed by atoms with E-state index in [1.54, 1.807) is 18.2 Å². The first-order valence-corrected chi connectivity index (χ1v) is 3.30. The number of nitriles is 1. The maximum absolute atomic E-state index is 9.24. The molecule has 0 bridgehead atoms. The lowest BCUT2D eigenvalue weighted by Crippen LogP contribution is -1.68. The highest BCUT2D eigenvalue weighted by molar-refractivity contribution is 5.79. The van der Waals surface area contributed by atoms with E-state index in [0.29, 0.717) is 5.52 Å². The SMILES string of the molecule is N#Cc1nc2cccc(O)c2o1. The number of benzene rings is 1. The smallest absolute Gasteiger partial charge is 0.301 e. The number of fused-ring (bicyclic) bond motifs is 1. The summed E-state index contributed by atoms with van der Waals surface area (Å²) in [4.78, 5) is 3.80. The first-order chi connectivity index (χ1) is 5.81. The van der Waals surface area contributed by atoms with Gasteiger partial charge in [0.2, 0.25) is 0 Å². The van der Waals surface area contributed by atoms with Crippen molar-refractivity contribution in [2.75, 3.05) is 0 Å². The van der Waals surface area contributed by atoms with Gasteiger partial charge in [-0.1, -0.05) is 6.07 Å². The van der Waals surface area contributed by atoms with Gasteiger partial charge in [-0.3, -0.25) is 0 Å². The number of phenolic OH excluding ortho intramolecular Hbond substituents is 1. The van der Waals surface area contributed by atoms with Gasteiger partial charge in [0.25, 0.3) is 0 Å². The Morgan fingerprint density at radius 3 is 3.00 bits per heavy atom. The van der Waals surface area contributed by atoms with Gasteiger partial charge in [-0.05, 0) is 12.1 Å². The van der Waals surface area contributed by atoms with E-state index in [4.69, 9.17) is 9.68 Å². The Kier molecular flexibility index (Phi) is 1.25. The molecule has 1 N–H and O–H groups in total. The van der Waals surface area contributed by atoms with Crippen molar-refractivity contribution in [3.8, 4) is 11.8 Å². The number of oxazole rings is 1. The van der Waals surface area contributed by atoms with Crippen LogP contribution in [0, 0.1) is 11.3 Å². The van der Waals surface area contributed by atoms with Gasteiger partial charge in [0.1, 0.15) is 5.52 Å². The van der Waals surface area contributed by atoms with Crippen molar-refractivity contribution < 1.29 is 9.52 Å². The minimum Gasteiger partial charge on any atom is -0.504 e. The Bertz CT molecular complexity index is 467. The topological polar surface area (TPSA) is 70.0 Å². The lowest BCUT2D eigenvalue weighted by Gasteiger charge is -1.88. The highest BCUT2D eigenvalue weighted by Crippen LogP contribution is 2.24. The molecule has 1 aromatic heterocycles. The Balaban J connectivity index is 2.85. The van der Waals surface area contributed by atoms with Crippen molar-refractivity contribution in [2.24, 2.45) is 0 Å². The fourth-order valence-electron chi connectivity index (χ4n) is 0.982. The van der Waals surface area contributed by atoms with Crippen LogP contribution in [0.1, 0.15) is 5.89 Å². The summed E-state index contributed by atoms with van der Waals surface area (Å²) in [7, 11) is 0. The summed E-state index contributed by atoms with van der Waals surface area (Å²) >= 11 is 0. The van der Waals surface area contributed by atoms with E-state index in [1.807, 2.05) is 0 Å². The Morgan fingerprint density at radius 2 is 2.33 bits per heavy atom. The third-order valence-electron chi connectivity index (χ3n) is 1.49. The van der Waals surface area contributed by atoms with Crippen LogP contribution < -0.4 is 0 Å². The molecule has 0 atom stereocenters. The van der Waals surface area contributed by atoms with Crippen molar-refractivity contribution in [1.82, 2.24) is 4.98 Å². The zero-order valence-corrected chi connectivity index (χ0v) is 5.98. The summed E-state index contributed by atoms with van der Waals surface area (Å²) in [5.41, 5.74) is 0.751. The maximum atomic E-state index is 9.24. The third kappa shape index (κ3) is 0.805. The van der Waals surface area contributed by atoms with Crippen molar-refractivity contribution in [3.05, 3.63) is 24.1 Å². The van der Waals surface area contributed by atoms with Crippen molar-refractivity contribution >= 4 is 11.1 Å². The predicted molar refractivity (Wildman–Crippen MR) is 40.4 cm³/mol. The first-order valence-electron chi connectivity index (χ1n) is 3.30. The van der Waals surface area contributed by atoms with Gasteiger partial charge >= 0.3 is 5.89 Å². The maximum Gasteiger partial charge on any atom is 0.301 e. The largest absolute Gasteiger partial charge is 0.504 e. The summed E-state index contributed by atoms with van der Waals surface area (Å²) in [5, 5.41) is 17.7. The van der Waals surface area contributed by atoms with E-state index in [2.05, 4.69) is 4.98 Å². The molecule has 0 unspecified atom stereocenters. The molecule has 2 aromatic rings. The Morgan fingerprint density at radius 1 is 1.50 bits per heavy atom. The normalized spacial score (nSPS) is 9.92. The number of hydrogen-bond acceptors (Lipinski definition) is 4. The molecular formula is C8H4N2O2. The lowest BCUT2D eigenvalue weighted by molar-refractivity contribution is 0.462. The molecule has 1 heterocycles. The minimum absolute atomic E-state index is 0.00139. The average Bonchev–Trinajstić information content (AvgIpc) is 2.49. The van der Waals surface area contributed by atoms with E-state index in [0.717, 1.165) is 0 Å². The van der Waals surface area contributed by atoms with Crippen LogP contribution in [0.3, 0.4) is 0 Å². The molecule has 0 aliphatic carbocycles. The minimum atomic E-state index is -0.0356. The van der Waals surface area contributed by atoms with Crippen LogP contribution in [-0.4, -0.2) is 10.1 Å². The second-order valence-corrected chi connectivity index (χ2v) is 2.26. The molecule has 58 valence electrons. The number of para-hydroxylation sites is 1. The molecule has 0 aliphatic rings. The second kappa shape index (κ2) is 2.24. The van der Waals surface area contributed by atoms with Crippen LogP contribution in [0.2, 0.25) is 0 Å². The molecular weight excluding hydrogens is 156 g/mol. The van der Waals surface area contributed by atoms with Gasteiger partial charge < -0.3 is 9.52 Å². The quantitative estimate of drug-likeness (QED) is 0.632. The van der Waals surface area contributed by atoms with Gasteiger partial charge in [-0.15, -0.1) is 0 Å². The average molecular weight is 160 g/mol. The van der Waals surface area contributed by atoms with E-state index in [-0.39, 0.29) is 17.2 Å². The van der Waals surface area contributed by atoms with Gasteiger partial charge in [-0.2, -0.15) is 10.2 Å². The highest BCUT2D eigenvalue weighted by Gasteiger charge is 2.07. The van der Waals surface area contributed by atoms with E-state index in [9.17, 15) is 5.11 Å². The first kappa shape index (κ1) is 6.68. The zero-order valence-electron chi connectivity index (χ0n) is 5.98. The van der Waals surface area contributed by atoms with Crippen LogP contribution in [-0.2, 0) is 0 Å². The van der Waals surface area contributed by atoms with Gasteiger partial charge in [0.05, 0.1) is 0 Å². The van der Waals surface area contributed by atoms with Crippen LogP contribution in [0.5, 0.6) is 5.75 Å². The van der Waals surface area contributed by atoms with E-state index < -0.39 is 0 Å². The number of hydrogen-bond donors (Lipinski definition) is 1. The van der Waals surface area contributed by atoms with E-state index >= 15 is 0 Å². The molecule has 0 saturated heterocycles. The fourth-order valence-corrected chi connectivity index (χ4v) is 0.982. The zero-order chi connectivity index (χ0) is 8.55. The van der Waals surface area contributed by atoms with Crippen molar-refractivity contribution in [3.63, 3.8) is 0 Å². The van der Waals surface area contributed by atoms with Crippen LogP contribution in [0.4, 0.5) is 0 Å². The molecule has 1 aromatic carbocycles. The Hall–Kier alpha value is -2.02. The van der Waals surface area contributed by atoms with Gasteiger partial charge in [0.15, 0.2) is 17.4 Å². The molecule has 0 radical (unpaired) electrons. The molecule has 0 spiro atoms. The van der Waals surface area contributed by atoms with Gasteiger partial charge in [-0.25, -0.2) is 0 Å². The molecule has 0 amide bonds. The Labute approximate surface area is 67.7 Å². The molecule has 12 heavy (non-hydrogen) atoms. The van der Waals surface area contributed by atoms with Crippen LogP contribution in [0.25, 0.3) is 11.1 Å². The molecule has 0 fully saturated rings. The van der Waals surface area contributed by atoms with Crippen molar-refractivity contribution in [1.29, 1.82) is 5.26 Å². The lowest BCUT2D eigenvalue weighted by atomic mass is 10.3.